The van der Waals surface area contributed by atoms with Crippen molar-refractivity contribution in [3.05, 3.63) is 41.6 Å². The molecule has 3 heterocycles. The maximum atomic E-state index is 13.5. The molecule has 0 radical (unpaired) electrons. The van der Waals surface area contributed by atoms with Crippen LogP contribution in [0.25, 0.3) is 11.4 Å². The van der Waals surface area contributed by atoms with Crippen molar-refractivity contribution < 1.29 is 9.59 Å². The van der Waals surface area contributed by atoms with E-state index in [4.69, 9.17) is 4.98 Å². The van der Waals surface area contributed by atoms with Crippen LogP contribution in [0.15, 0.2) is 30.5 Å². The van der Waals surface area contributed by atoms with Gasteiger partial charge in [0.25, 0.3) is 5.91 Å². The second-order valence-electron chi connectivity index (χ2n) is 8.64. The minimum absolute atomic E-state index is 0.0493. The van der Waals surface area contributed by atoms with Gasteiger partial charge in [0.05, 0.1) is 0 Å². The molecule has 164 valence electrons. The lowest BCUT2D eigenvalue weighted by Crippen LogP contribution is -2.50. The average molecular weight is 422 g/mol. The minimum Gasteiger partial charge on any atom is -0.353 e. The van der Waals surface area contributed by atoms with E-state index in [1.165, 1.54) is 6.42 Å². The molecule has 1 unspecified atom stereocenters. The number of hydrogen-bond donors (Lipinski definition) is 0. The number of anilines is 1. The maximum Gasteiger partial charge on any atom is 0.259 e. The van der Waals surface area contributed by atoms with Crippen LogP contribution in [0.1, 0.15) is 49.0 Å². The van der Waals surface area contributed by atoms with Gasteiger partial charge in [0.2, 0.25) is 5.91 Å². The third kappa shape index (κ3) is 4.55. The number of carbonyl (C=O) groups excluding carboxylic acids is 2. The van der Waals surface area contributed by atoms with Gasteiger partial charge in [-0.3, -0.25) is 9.59 Å². The van der Waals surface area contributed by atoms with Crippen LogP contribution in [0.3, 0.4) is 0 Å². The number of piperazine rings is 1. The molecule has 2 aliphatic rings. The summed E-state index contributed by atoms with van der Waals surface area (Å²) in [6, 6.07) is 8.46. The molecule has 0 N–H and O–H groups in total. The molecule has 0 bridgehead atoms. The van der Waals surface area contributed by atoms with Gasteiger partial charge in [0.1, 0.15) is 11.4 Å². The van der Waals surface area contributed by atoms with E-state index in [0.29, 0.717) is 43.6 Å². The topological polar surface area (TPSA) is 69.6 Å². The molecular formula is C24H31N5O2. The third-order valence-corrected chi connectivity index (χ3v) is 6.36. The Balaban J connectivity index is 1.68. The Bertz CT molecular complexity index is 968. The average Bonchev–Trinajstić information content (AvgIpc) is 2.78. The Kier molecular flexibility index (Phi) is 6.20. The van der Waals surface area contributed by atoms with Gasteiger partial charge in [-0.2, -0.15) is 0 Å². The highest BCUT2D eigenvalue weighted by Gasteiger charge is 2.30. The monoisotopic (exact) mass is 421 g/mol. The van der Waals surface area contributed by atoms with Crippen LogP contribution >= 0.6 is 0 Å². The van der Waals surface area contributed by atoms with Gasteiger partial charge in [-0.25, -0.2) is 9.97 Å². The summed E-state index contributed by atoms with van der Waals surface area (Å²) < 4.78 is 0. The molecule has 2 aromatic rings. The first-order chi connectivity index (χ1) is 14.9. The molecule has 7 nitrogen and oxygen atoms in total. The zero-order chi connectivity index (χ0) is 22.0. The smallest absolute Gasteiger partial charge is 0.259 e. The van der Waals surface area contributed by atoms with Crippen LogP contribution in [-0.4, -0.2) is 70.3 Å². The van der Waals surface area contributed by atoms with Crippen LogP contribution in [-0.2, 0) is 4.79 Å². The Hall–Kier alpha value is -2.96. The van der Waals surface area contributed by atoms with E-state index < -0.39 is 0 Å². The lowest BCUT2D eigenvalue weighted by Gasteiger charge is -2.37. The van der Waals surface area contributed by atoms with E-state index in [1.807, 2.05) is 17.0 Å². The maximum absolute atomic E-state index is 13.5. The number of amides is 2. The lowest BCUT2D eigenvalue weighted by molar-refractivity contribution is -0.130. The SMILES string of the molecule is CC(=O)N1CCN(C(=O)c2cnc(-c3cccc(C)c3)nc2N2CCCCC2C)CC1. The summed E-state index contributed by atoms with van der Waals surface area (Å²) in [6.45, 7) is 8.93. The summed E-state index contributed by atoms with van der Waals surface area (Å²) in [5, 5.41) is 0. The molecule has 1 atom stereocenters. The zero-order valence-corrected chi connectivity index (χ0v) is 18.7. The van der Waals surface area contributed by atoms with E-state index in [9.17, 15) is 9.59 Å². The number of aryl methyl sites for hydroxylation is 1. The van der Waals surface area contributed by atoms with Gasteiger partial charge >= 0.3 is 0 Å². The van der Waals surface area contributed by atoms with Crippen molar-refractivity contribution in [2.75, 3.05) is 37.6 Å². The standard InChI is InChI=1S/C24H31N5O2/c1-17-7-6-9-20(15-17)22-25-16-21(23(26-22)29-10-5-4-8-18(29)2)24(31)28-13-11-27(12-14-28)19(3)30/h6-7,9,15-16,18H,4-5,8,10-14H2,1-3H3. The van der Waals surface area contributed by atoms with Crippen molar-refractivity contribution in [1.29, 1.82) is 0 Å². The van der Waals surface area contributed by atoms with E-state index >= 15 is 0 Å². The Morgan fingerprint density at radius 1 is 1.03 bits per heavy atom. The highest BCUT2D eigenvalue weighted by molar-refractivity contribution is 5.99. The molecule has 4 rings (SSSR count). The fourth-order valence-corrected chi connectivity index (χ4v) is 4.47. The molecule has 31 heavy (non-hydrogen) atoms. The van der Waals surface area contributed by atoms with Crippen LogP contribution < -0.4 is 4.90 Å². The predicted molar refractivity (Wildman–Crippen MR) is 121 cm³/mol. The Labute approximate surface area is 184 Å². The van der Waals surface area contributed by atoms with Crippen molar-refractivity contribution >= 4 is 17.6 Å². The van der Waals surface area contributed by atoms with Crippen molar-refractivity contribution in [2.24, 2.45) is 0 Å². The highest BCUT2D eigenvalue weighted by atomic mass is 16.2. The first-order valence-corrected chi connectivity index (χ1v) is 11.2. The van der Waals surface area contributed by atoms with Gasteiger partial charge in [0.15, 0.2) is 5.82 Å². The summed E-state index contributed by atoms with van der Waals surface area (Å²) in [5.74, 6) is 1.39. The Morgan fingerprint density at radius 3 is 2.45 bits per heavy atom. The highest BCUT2D eigenvalue weighted by Crippen LogP contribution is 2.29. The first-order valence-electron chi connectivity index (χ1n) is 11.2. The van der Waals surface area contributed by atoms with Crippen LogP contribution in [0.2, 0.25) is 0 Å². The summed E-state index contributed by atoms with van der Waals surface area (Å²) in [4.78, 5) is 40.5. The van der Waals surface area contributed by atoms with Gasteiger partial charge in [-0.05, 0) is 39.2 Å². The first kappa shape index (κ1) is 21.3. The molecule has 0 spiro atoms. The summed E-state index contributed by atoms with van der Waals surface area (Å²) in [5.41, 5.74) is 2.67. The lowest BCUT2D eigenvalue weighted by atomic mass is 10.0. The molecule has 0 aliphatic carbocycles. The second-order valence-corrected chi connectivity index (χ2v) is 8.64. The second kappa shape index (κ2) is 9.04. The molecule has 2 fully saturated rings. The fraction of sp³-hybridized carbons (Fsp3) is 0.500. The van der Waals surface area contributed by atoms with Gasteiger partial charge < -0.3 is 14.7 Å². The molecule has 0 saturated carbocycles. The van der Waals surface area contributed by atoms with E-state index in [1.54, 1.807) is 18.0 Å². The molecular weight excluding hydrogens is 390 g/mol. The fourth-order valence-electron chi connectivity index (χ4n) is 4.47. The van der Waals surface area contributed by atoms with Gasteiger partial charge in [0, 0.05) is 57.4 Å². The third-order valence-electron chi connectivity index (χ3n) is 6.36. The molecule has 2 aliphatic heterocycles. The molecule has 1 aromatic carbocycles. The molecule has 1 aromatic heterocycles. The van der Waals surface area contributed by atoms with E-state index in [0.717, 1.165) is 36.3 Å². The van der Waals surface area contributed by atoms with Gasteiger partial charge in [-0.1, -0.05) is 23.8 Å². The van der Waals surface area contributed by atoms with Crippen molar-refractivity contribution in [3.63, 3.8) is 0 Å². The van der Waals surface area contributed by atoms with E-state index in [-0.39, 0.29) is 11.8 Å². The number of nitrogens with zero attached hydrogens (tertiary/aromatic N) is 5. The van der Waals surface area contributed by atoms with Gasteiger partial charge in [-0.15, -0.1) is 0 Å². The Morgan fingerprint density at radius 2 is 1.77 bits per heavy atom. The van der Waals surface area contributed by atoms with Crippen molar-refractivity contribution in [1.82, 2.24) is 19.8 Å². The number of aromatic nitrogens is 2. The molecule has 7 heteroatoms. The molecule has 2 amide bonds. The van der Waals surface area contributed by atoms with Crippen molar-refractivity contribution in [3.8, 4) is 11.4 Å². The summed E-state index contributed by atoms with van der Waals surface area (Å²) >= 11 is 0. The largest absolute Gasteiger partial charge is 0.353 e. The number of rotatable bonds is 3. The van der Waals surface area contributed by atoms with Crippen LogP contribution in [0.4, 0.5) is 5.82 Å². The zero-order valence-electron chi connectivity index (χ0n) is 18.7. The minimum atomic E-state index is -0.0493. The predicted octanol–water partition coefficient (Wildman–Crippen LogP) is 3.14. The number of benzene rings is 1. The number of piperidine rings is 1. The quantitative estimate of drug-likeness (QED) is 0.762. The molecule has 2 saturated heterocycles. The van der Waals surface area contributed by atoms with E-state index in [2.05, 4.69) is 35.9 Å². The van der Waals surface area contributed by atoms with Crippen LogP contribution in [0.5, 0.6) is 0 Å². The van der Waals surface area contributed by atoms with Crippen molar-refractivity contribution in [2.45, 2.75) is 46.1 Å². The summed E-state index contributed by atoms with van der Waals surface area (Å²) in [6.07, 6.45) is 5.08. The number of hydrogen-bond acceptors (Lipinski definition) is 5. The summed E-state index contributed by atoms with van der Waals surface area (Å²) in [7, 11) is 0. The number of carbonyl (C=O) groups is 2. The normalized spacial score (nSPS) is 19.5. The van der Waals surface area contributed by atoms with Crippen LogP contribution in [0, 0.1) is 6.92 Å².